The number of aliphatic hydroxyl groups is 1. The van der Waals surface area contributed by atoms with Gasteiger partial charge in [-0.15, -0.1) is 0 Å². The molecule has 1 atom stereocenters. The van der Waals surface area contributed by atoms with Gasteiger partial charge < -0.3 is 5.11 Å². The summed E-state index contributed by atoms with van der Waals surface area (Å²) in [5.41, 5.74) is 0. The first-order valence-electron chi connectivity index (χ1n) is 5.13. The summed E-state index contributed by atoms with van der Waals surface area (Å²) in [7, 11) is 0. The third-order valence-electron chi connectivity index (χ3n) is 2.52. The van der Waals surface area contributed by atoms with E-state index in [-0.39, 0.29) is 6.42 Å². The largest absolute Gasteiger partial charge is 0.393 e. The number of aliphatic hydroxyl groups excluding tert-OH is 1. The Labute approximate surface area is 83.3 Å². The number of hydrogen-bond donors (Lipinski definition) is 1. The molecule has 0 aliphatic heterocycles. The third kappa shape index (κ3) is 7.18. The zero-order valence-electron chi connectivity index (χ0n) is 8.77. The monoisotopic (exact) mass is 212 g/mol. The molecule has 0 amide bonds. The van der Waals surface area contributed by atoms with Gasteiger partial charge in [0.05, 0.1) is 6.10 Å². The van der Waals surface area contributed by atoms with Crippen LogP contribution in [0.2, 0.25) is 0 Å². The lowest BCUT2D eigenvalue weighted by molar-refractivity contribution is -0.140. The zero-order chi connectivity index (χ0) is 11.2. The minimum atomic E-state index is -4.14. The molecule has 0 saturated heterocycles. The Hall–Kier alpha value is -0.250. The Bertz CT molecular complexity index is 141. The molecule has 14 heavy (non-hydrogen) atoms. The first kappa shape index (κ1) is 13.8. The predicted molar refractivity (Wildman–Crippen MR) is 50.0 cm³/mol. The van der Waals surface area contributed by atoms with Gasteiger partial charge in [0, 0.05) is 6.42 Å². The smallest absolute Gasteiger partial charge is 0.389 e. The van der Waals surface area contributed by atoms with Gasteiger partial charge in [0.15, 0.2) is 0 Å². The van der Waals surface area contributed by atoms with Crippen LogP contribution < -0.4 is 0 Å². The van der Waals surface area contributed by atoms with Crippen molar-refractivity contribution in [2.24, 2.45) is 5.92 Å². The Kier molecular flexibility index (Phi) is 6.16. The zero-order valence-corrected chi connectivity index (χ0v) is 8.77. The second-order valence-corrected chi connectivity index (χ2v) is 3.73. The molecule has 0 spiro atoms. The van der Waals surface area contributed by atoms with Crippen LogP contribution in [0.1, 0.15) is 46.0 Å². The average molecular weight is 212 g/mol. The van der Waals surface area contributed by atoms with Crippen LogP contribution in [-0.2, 0) is 0 Å². The molecule has 0 radical (unpaired) electrons. The molecule has 0 fully saturated rings. The van der Waals surface area contributed by atoms with Crippen LogP contribution in [0, 0.1) is 5.92 Å². The molecule has 0 aromatic carbocycles. The van der Waals surface area contributed by atoms with Gasteiger partial charge in [0.25, 0.3) is 0 Å². The van der Waals surface area contributed by atoms with E-state index in [0.717, 1.165) is 12.8 Å². The molecule has 0 aromatic heterocycles. The van der Waals surface area contributed by atoms with Crippen molar-refractivity contribution < 1.29 is 18.3 Å². The van der Waals surface area contributed by atoms with E-state index < -0.39 is 18.7 Å². The highest BCUT2D eigenvalue weighted by Gasteiger charge is 2.28. The molecule has 0 aromatic rings. The van der Waals surface area contributed by atoms with Crippen molar-refractivity contribution >= 4 is 0 Å². The van der Waals surface area contributed by atoms with Gasteiger partial charge in [-0.2, -0.15) is 13.2 Å². The van der Waals surface area contributed by atoms with E-state index in [1.807, 2.05) is 13.8 Å². The van der Waals surface area contributed by atoms with Crippen molar-refractivity contribution in [1.82, 2.24) is 0 Å². The summed E-state index contributed by atoms with van der Waals surface area (Å²) in [5.74, 6) is 0.346. The van der Waals surface area contributed by atoms with E-state index in [1.165, 1.54) is 0 Å². The lowest BCUT2D eigenvalue weighted by Gasteiger charge is -2.17. The fraction of sp³-hybridized carbons (Fsp3) is 1.00. The highest BCUT2D eigenvalue weighted by atomic mass is 19.4. The first-order valence-corrected chi connectivity index (χ1v) is 5.13. The van der Waals surface area contributed by atoms with Gasteiger partial charge in [0.1, 0.15) is 0 Å². The standard InChI is InChI=1S/C10H19F3O/c1-3-8(4-2)7-9(14)5-6-10(11,12)13/h8-9,14H,3-7H2,1-2H3. The van der Waals surface area contributed by atoms with E-state index in [0.29, 0.717) is 12.3 Å². The van der Waals surface area contributed by atoms with Crippen molar-refractivity contribution in [3.05, 3.63) is 0 Å². The molecule has 86 valence electrons. The van der Waals surface area contributed by atoms with Crippen molar-refractivity contribution in [3.63, 3.8) is 0 Å². The molecule has 0 heterocycles. The number of rotatable bonds is 6. The molecular weight excluding hydrogens is 193 g/mol. The van der Waals surface area contributed by atoms with Crippen LogP contribution in [0.25, 0.3) is 0 Å². The molecule has 1 unspecified atom stereocenters. The highest BCUT2D eigenvalue weighted by molar-refractivity contribution is 4.65. The average Bonchev–Trinajstić information content (AvgIpc) is 2.09. The van der Waals surface area contributed by atoms with Gasteiger partial charge in [-0.25, -0.2) is 0 Å². The van der Waals surface area contributed by atoms with Crippen molar-refractivity contribution in [2.75, 3.05) is 0 Å². The van der Waals surface area contributed by atoms with Gasteiger partial charge in [-0.05, 0) is 18.8 Å². The fourth-order valence-electron chi connectivity index (χ4n) is 1.45. The van der Waals surface area contributed by atoms with E-state index >= 15 is 0 Å². The van der Waals surface area contributed by atoms with E-state index in [2.05, 4.69) is 0 Å². The van der Waals surface area contributed by atoms with Gasteiger partial charge in [-0.1, -0.05) is 26.7 Å². The topological polar surface area (TPSA) is 20.2 Å². The second kappa shape index (κ2) is 6.27. The SMILES string of the molecule is CCC(CC)CC(O)CCC(F)(F)F. The Morgan fingerprint density at radius 1 is 1.14 bits per heavy atom. The molecule has 4 heteroatoms. The molecule has 0 aliphatic carbocycles. The summed E-state index contributed by atoms with van der Waals surface area (Å²) in [4.78, 5) is 0. The van der Waals surface area contributed by atoms with Crippen LogP contribution in [-0.4, -0.2) is 17.4 Å². The molecule has 1 N–H and O–H groups in total. The van der Waals surface area contributed by atoms with Crippen molar-refractivity contribution in [1.29, 1.82) is 0 Å². The van der Waals surface area contributed by atoms with Gasteiger partial charge in [-0.3, -0.25) is 0 Å². The molecule has 0 rings (SSSR count). The van der Waals surface area contributed by atoms with Gasteiger partial charge in [0.2, 0.25) is 0 Å². The van der Waals surface area contributed by atoms with Crippen LogP contribution in [0.3, 0.4) is 0 Å². The van der Waals surface area contributed by atoms with E-state index in [1.54, 1.807) is 0 Å². The van der Waals surface area contributed by atoms with Gasteiger partial charge >= 0.3 is 6.18 Å². The predicted octanol–water partition coefficient (Wildman–Crippen LogP) is 3.52. The maximum atomic E-state index is 11.8. The molecule has 1 nitrogen and oxygen atoms in total. The molecule has 0 bridgehead atoms. The first-order chi connectivity index (χ1) is 6.39. The number of alkyl halides is 3. The van der Waals surface area contributed by atoms with E-state index in [9.17, 15) is 18.3 Å². The normalized spacial score (nSPS) is 14.8. The number of hydrogen-bond acceptors (Lipinski definition) is 1. The summed E-state index contributed by atoms with van der Waals surface area (Å²) in [5, 5.41) is 9.35. The fourth-order valence-corrected chi connectivity index (χ4v) is 1.45. The quantitative estimate of drug-likeness (QED) is 0.714. The lowest BCUT2D eigenvalue weighted by atomic mass is 9.94. The summed E-state index contributed by atoms with van der Waals surface area (Å²) >= 11 is 0. The Morgan fingerprint density at radius 2 is 1.64 bits per heavy atom. The summed E-state index contributed by atoms with van der Waals surface area (Å²) < 4.78 is 35.4. The molecule has 0 saturated carbocycles. The van der Waals surface area contributed by atoms with Crippen LogP contribution in [0.15, 0.2) is 0 Å². The molecule has 0 aliphatic rings. The number of halogens is 3. The molecular formula is C10H19F3O. The van der Waals surface area contributed by atoms with Crippen LogP contribution in [0.4, 0.5) is 13.2 Å². The minimum absolute atomic E-state index is 0.167. The van der Waals surface area contributed by atoms with Crippen molar-refractivity contribution in [2.45, 2.75) is 58.2 Å². The van der Waals surface area contributed by atoms with Crippen LogP contribution >= 0.6 is 0 Å². The Balaban J connectivity index is 3.69. The summed E-state index contributed by atoms with van der Waals surface area (Å²) in [6, 6.07) is 0. The Morgan fingerprint density at radius 3 is 2.00 bits per heavy atom. The summed E-state index contributed by atoms with van der Waals surface area (Å²) in [6.45, 7) is 3.98. The lowest BCUT2D eigenvalue weighted by Crippen LogP contribution is -2.17. The van der Waals surface area contributed by atoms with Crippen molar-refractivity contribution in [3.8, 4) is 0 Å². The highest BCUT2D eigenvalue weighted by Crippen LogP contribution is 2.25. The van der Waals surface area contributed by atoms with Crippen LogP contribution in [0.5, 0.6) is 0 Å². The third-order valence-corrected chi connectivity index (χ3v) is 2.52. The minimum Gasteiger partial charge on any atom is -0.393 e. The maximum absolute atomic E-state index is 11.8. The maximum Gasteiger partial charge on any atom is 0.389 e. The second-order valence-electron chi connectivity index (χ2n) is 3.73. The summed E-state index contributed by atoms with van der Waals surface area (Å²) in [6.07, 6.45) is -3.67. The van der Waals surface area contributed by atoms with E-state index in [4.69, 9.17) is 0 Å².